The first-order chi connectivity index (χ1) is 11.3. The highest BCUT2D eigenvalue weighted by Gasteiger charge is 2.33. The highest BCUT2D eigenvalue weighted by atomic mass is 19.4. The molecule has 1 unspecified atom stereocenters. The molecule has 0 bridgehead atoms. The van der Waals surface area contributed by atoms with Crippen molar-refractivity contribution in [2.75, 3.05) is 0 Å². The first kappa shape index (κ1) is 18.0. The third kappa shape index (κ3) is 5.11. The van der Waals surface area contributed by atoms with Crippen LogP contribution in [0.4, 0.5) is 13.2 Å². The zero-order valence-corrected chi connectivity index (χ0v) is 13.5. The minimum atomic E-state index is -4.50. The number of halogens is 3. The number of rotatable bonds is 6. The molecule has 1 N–H and O–H groups in total. The number of nitrogens with one attached hydrogen (secondary N) is 1. The maximum atomic E-state index is 12.9. The summed E-state index contributed by atoms with van der Waals surface area (Å²) in [6, 6.07) is 4.44. The summed E-state index contributed by atoms with van der Waals surface area (Å²) in [5, 5.41) is 2.71. The number of pyridine rings is 1. The van der Waals surface area contributed by atoms with Crippen molar-refractivity contribution in [3.63, 3.8) is 0 Å². The lowest BCUT2D eigenvalue weighted by Crippen LogP contribution is -2.34. The molecule has 0 aliphatic rings. The van der Waals surface area contributed by atoms with Crippen molar-refractivity contribution < 1.29 is 22.4 Å². The number of hydrogen-bond acceptors (Lipinski definition) is 3. The zero-order valence-electron chi connectivity index (χ0n) is 13.5. The minimum absolute atomic E-state index is 0.128. The summed E-state index contributed by atoms with van der Waals surface area (Å²) in [7, 11) is 0. The highest BCUT2D eigenvalue weighted by molar-refractivity contribution is 5.79. The molecule has 2 rings (SSSR count). The van der Waals surface area contributed by atoms with Gasteiger partial charge in [0, 0.05) is 24.9 Å². The van der Waals surface area contributed by atoms with Crippen LogP contribution in [0.15, 0.2) is 35.0 Å². The summed E-state index contributed by atoms with van der Waals surface area (Å²) < 4.78 is 44.1. The van der Waals surface area contributed by atoms with Crippen molar-refractivity contribution in [3.8, 4) is 0 Å². The van der Waals surface area contributed by atoms with E-state index in [4.69, 9.17) is 4.42 Å². The number of furan rings is 1. The predicted molar refractivity (Wildman–Crippen MR) is 82.3 cm³/mol. The number of alkyl halides is 3. The standard InChI is InChI=1S/C17H19F3N2O2/c1-11(3-5-14-6-4-12(2)24-14)22-16(23)9-13-10-21-8-7-15(13)17(18,19)20/h4,6-8,10-11H,3,5,9H2,1-2H3,(H,22,23). The van der Waals surface area contributed by atoms with Gasteiger partial charge in [-0.1, -0.05) is 0 Å². The maximum Gasteiger partial charge on any atom is 0.416 e. The maximum absolute atomic E-state index is 12.9. The first-order valence-corrected chi connectivity index (χ1v) is 7.60. The number of nitrogens with zero attached hydrogens (tertiary/aromatic N) is 1. The van der Waals surface area contributed by atoms with Crippen molar-refractivity contribution in [2.45, 2.75) is 45.3 Å². The molecule has 0 radical (unpaired) electrons. The van der Waals surface area contributed by atoms with Crippen LogP contribution in [0, 0.1) is 6.92 Å². The molecule has 0 aromatic carbocycles. The Balaban J connectivity index is 1.89. The Morgan fingerprint density at radius 2 is 2.08 bits per heavy atom. The monoisotopic (exact) mass is 340 g/mol. The molecule has 0 spiro atoms. The smallest absolute Gasteiger partial charge is 0.416 e. The SMILES string of the molecule is Cc1ccc(CCC(C)NC(=O)Cc2cnccc2C(F)(F)F)o1. The summed E-state index contributed by atoms with van der Waals surface area (Å²) in [6.45, 7) is 3.66. The second-order valence-electron chi connectivity index (χ2n) is 5.73. The summed E-state index contributed by atoms with van der Waals surface area (Å²) in [6.07, 6.45) is -1.42. The van der Waals surface area contributed by atoms with Crippen LogP contribution in [0.5, 0.6) is 0 Å². The highest BCUT2D eigenvalue weighted by Crippen LogP contribution is 2.31. The van der Waals surface area contributed by atoms with Gasteiger partial charge < -0.3 is 9.73 Å². The van der Waals surface area contributed by atoms with Crippen LogP contribution in [0.2, 0.25) is 0 Å². The topological polar surface area (TPSA) is 55.1 Å². The number of carbonyl (C=O) groups is 1. The van der Waals surface area contributed by atoms with E-state index in [2.05, 4.69) is 10.3 Å². The van der Waals surface area contributed by atoms with E-state index >= 15 is 0 Å². The Labute approximate surface area is 138 Å². The Hall–Kier alpha value is -2.31. The van der Waals surface area contributed by atoms with Crippen LogP contribution in [-0.2, 0) is 23.8 Å². The molecule has 7 heteroatoms. The molecule has 4 nitrogen and oxygen atoms in total. The van der Waals surface area contributed by atoms with Gasteiger partial charge >= 0.3 is 6.18 Å². The molecule has 130 valence electrons. The lowest BCUT2D eigenvalue weighted by molar-refractivity contribution is -0.138. The van der Waals surface area contributed by atoms with E-state index in [-0.39, 0.29) is 18.0 Å². The quantitative estimate of drug-likeness (QED) is 0.873. The van der Waals surface area contributed by atoms with E-state index in [0.717, 1.165) is 30.0 Å². The van der Waals surface area contributed by atoms with Crippen molar-refractivity contribution >= 4 is 5.91 Å². The van der Waals surface area contributed by atoms with Crippen LogP contribution in [0.1, 0.15) is 36.0 Å². The molecule has 2 aromatic heterocycles. The predicted octanol–water partition coefficient (Wildman–Crippen LogP) is 3.68. The first-order valence-electron chi connectivity index (χ1n) is 7.60. The van der Waals surface area contributed by atoms with Gasteiger partial charge in [0.15, 0.2) is 0 Å². The number of carbonyl (C=O) groups excluding carboxylic acids is 1. The zero-order chi connectivity index (χ0) is 17.7. The fourth-order valence-corrected chi connectivity index (χ4v) is 2.39. The van der Waals surface area contributed by atoms with Crippen LogP contribution in [-0.4, -0.2) is 16.9 Å². The summed E-state index contributed by atoms with van der Waals surface area (Å²) in [5.74, 6) is 1.18. The second-order valence-corrected chi connectivity index (χ2v) is 5.73. The van der Waals surface area contributed by atoms with E-state index in [0.29, 0.717) is 12.8 Å². The summed E-state index contributed by atoms with van der Waals surface area (Å²) in [4.78, 5) is 15.7. The average molecular weight is 340 g/mol. The molecule has 0 aliphatic heterocycles. The lowest BCUT2D eigenvalue weighted by Gasteiger charge is -2.15. The number of amides is 1. The van der Waals surface area contributed by atoms with E-state index in [1.54, 1.807) is 0 Å². The van der Waals surface area contributed by atoms with Crippen molar-refractivity contribution in [3.05, 3.63) is 53.2 Å². The minimum Gasteiger partial charge on any atom is -0.466 e. The summed E-state index contributed by atoms with van der Waals surface area (Å²) >= 11 is 0. The molecule has 0 fully saturated rings. The van der Waals surface area contributed by atoms with Crippen molar-refractivity contribution in [1.82, 2.24) is 10.3 Å². The Kier molecular flexibility index (Phi) is 5.64. The lowest BCUT2D eigenvalue weighted by atomic mass is 10.1. The second kappa shape index (κ2) is 7.51. The fraction of sp³-hybridized carbons (Fsp3) is 0.412. The molecule has 2 heterocycles. The molecule has 1 atom stereocenters. The van der Waals surface area contributed by atoms with Gasteiger partial charge in [-0.3, -0.25) is 9.78 Å². The van der Waals surface area contributed by atoms with Gasteiger partial charge in [-0.15, -0.1) is 0 Å². The van der Waals surface area contributed by atoms with E-state index in [9.17, 15) is 18.0 Å². The molecule has 0 saturated carbocycles. The number of aromatic nitrogens is 1. The van der Waals surface area contributed by atoms with Crippen LogP contribution in [0.3, 0.4) is 0 Å². The Bertz CT molecular complexity index is 695. The van der Waals surface area contributed by atoms with Gasteiger partial charge in [-0.05, 0) is 44.0 Å². The Morgan fingerprint density at radius 1 is 1.33 bits per heavy atom. The van der Waals surface area contributed by atoms with Crippen LogP contribution >= 0.6 is 0 Å². The van der Waals surface area contributed by atoms with E-state index in [1.807, 2.05) is 26.0 Å². The third-order valence-electron chi connectivity index (χ3n) is 3.59. The third-order valence-corrected chi connectivity index (χ3v) is 3.59. The molecule has 24 heavy (non-hydrogen) atoms. The fourth-order valence-electron chi connectivity index (χ4n) is 2.39. The van der Waals surface area contributed by atoms with Crippen LogP contribution < -0.4 is 5.32 Å². The molecular formula is C17H19F3N2O2. The average Bonchev–Trinajstić information content (AvgIpc) is 2.90. The van der Waals surface area contributed by atoms with Crippen molar-refractivity contribution in [2.24, 2.45) is 0 Å². The van der Waals surface area contributed by atoms with Gasteiger partial charge in [-0.2, -0.15) is 13.2 Å². The number of aryl methyl sites for hydroxylation is 2. The molecule has 1 amide bonds. The Morgan fingerprint density at radius 3 is 2.71 bits per heavy atom. The molecule has 0 saturated heterocycles. The van der Waals surface area contributed by atoms with E-state index < -0.39 is 17.6 Å². The van der Waals surface area contributed by atoms with Gasteiger partial charge in [0.25, 0.3) is 0 Å². The molecule has 2 aromatic rings. The van der Waals surface area contributed by atoms with Gasteiger partial charge in [0.2, 0.25) is 5.91 Å². The van der Waals surface area contributed by atoms with Crippen LogP contribution in [0.25, 0.3) is 0 Å². The largest absolute Gasteiger partial charge is 0.466 e. The van der Waals surface area contributed by atoms with Gasteiger partial charge in [0.05, 0.1) is 12.0 Å². The normalized spacial score (nSPS) is 12.9. The van der Waals surface area contributed by atoms with Gasteiger partial charge in [-0.25, -0.2) is 0 Å². The van der Waals surface area contributed by atoms with Crippen molar-refractivity contribution in [1.29, 1.82) is 0 Å². The molecule has 0 aliphatic carbocycles. The van der Waals surface area contributed by atoms with Gasteiger partial charge in [0.1, 0.15) is 11.5 Å². The van der Waals surface area contributed by atoms with E-state index in [1.165, 1.54) is 0 Å². The molecular weight excluding hydrogens is 321 g/mol. The number of hydrogen-bond donors (Lipinski definition) is 1. The summed E-state index contributed by atoms with van der Waals surface area (Å²) in [5.41, 5.74) is -0.956.